The van der Waals surface area contributed by atoms with Crippen molar-refractivity contribution >= 4 is 0 Å². The van der Waals surface area contributed by atoms with Crippen LogP contribution in [0, 0.1) is 0 Å². The Morgan fingerprint density at radius 3 is 2.61 bits per heavy atom. The summed E-state index contributed by atoms with van der Waals surface area (Å²) in [6.07, 6.45) is 7.45. The van der Waals surface area contributed by atoms with Crippen LogP contribution in [0.15, 0.2) is 0 Å². The van der Waals surface area contributed by atoms with Crippen molar-refractivity contribution in [3.63, 3.8) is 0 Å². The second-order valence-corrected chi connectivity index (χ2v) is 6.31. The Kier molecular flexibility index (Phi) is 3.63. The van der Waals surface area contributed by atoms with E-state index in [1.165, 1.54) is 0 Å². The summed E-state index contributed by atoms with van der Waals surface area (Å²) in [5.74, 6) is 0. The lowest BCUT2D eigenvalue weighted by atomic mass is 9.89. The highest BCUT2D eigenvalue weighted by molar-refractivity contribution is 4.94. The van der Waals surface area contributed by atoms with Gasteiger partial charge in [0.25, 0.3) is 0 Å². The molecule has 0 aromatic rings. The van der Waals surface area contributed by atoms with Crippen LogP contribution < -0.4 is 5.32 Å². The minimum absolute atomic E-state index is 0.0637. The molecule has 1 unspecified atom stereocenters. The minimum Gasteiger partial charge on any atom is -0.387 e. The maximum Gasteiger partial charge on any atom is 0.0880 e. The van der Waals surface area contributed by atoms with Gasteiger partial charge in [-0.15, -0.1) is 0 Å². The van der Waals surface area contributed by atoms with E-state index >= 15 is 0 Å². The molecular formula is C14H25NO3. The van der Waals surface area contributed by atoms with Crippen molar-refractivity contribution in [2.75, 3.05) is 26.3 Å². The first kappa shape index (κ1) is 12.9. The Morgan fingerprint density at radius 2 is 1.89 bits per heavy atom. The fraction of sp³-hybridized carbons (Fsp3) is 1.00. The molecule has 3 aliphatic rings. The molecule has 1 aliphatic carbocycles. The highest BCUT2D eigenvalue weighted by Gasteiger charge is 2.42. The summed E-state index contributed by atoms with van der Waals surface area (Å²) in [4.78, 5) is 0. The first-order valence-corrected chi connectivity index (χ1v) is 7.39. The van der Waals surface area contributed by atoms with Crippen LogP contribution in [0.25, 0.3) is 0 Å². The topological polar surface area (TPSA) is 50.7 Å². The zero-order chi connectivity index (χ0) is 12.5. The number of hydrogen-bond donors (Lipinski definition) is 2. The van der Waals surface area contributed by atoms with Crippen LogP contribution in [0.2, 0.25) is 0 Å². The van der Waals surface area contributed by atoms with Crippen LogP contribution in [0.4, 0.5) is 0 Å². The average Bonchev–Trinajstić information content (AvgIpc) is 2.97. The van der Waals surface area contributed by atoms with Crippen molar-refractivity contribution in [2.45, 2.75) is 62.3 Å². The normalized spacial score (nSPS) is 34.2. The molecule has 0 radical (unpaired) electrons. The lowest BCUT2D eigenvalue weighted by molar-refractivity contribution is -0.0703. The van der Waals surface area contributed by atoms with Gasteiger partial charge in [0.05, 0.1) is 30.5 Å². The monoisotopic (exact) mass is 255 g/mol. The zero-order valence-corrected chi connectivity index (χ0v) is 11.1. The lowest BCUT2D eigenvalue weighted by Crippen LogP contribution is -2.41. The number of aliphatic hydroxyl groups is 1. The fourth-order valence-electron chi connectivity index (χ4n) is 3.59. The van der Waals surface area contributed by atoms with Gasteiger partial charge in [0, 0.05) is 6.42 Å². The number of rotatable bonds is 3. The maximum absolute atomic E-state index is 10.3. The molecule has 1 saturated carbocycles. The van der Waals surface area contributed by atoms with Gasteiger partial charge in [-0.05, 0) is 38.8 Å². The summed E-state index contributed by atoms with van der Waals surface area (Å²) in [5.41, 5.74) is -0.488. The third kappa shape index (κ3) is 2.72. The van der Waals surface area contributed by atoms with E-state index in [0.717, 1.165) is 58.0 Å². The van der Waals surface area contributed by atoms with Crippen LogP contribution in [0.3, 0.4) is 0 Å². The summed E-state index contributed by atoms with van der Waals surface area (Å²) in [7, 11) is 0. The first-order chi connectivity index (χ1) is 8.70. The highest BCUT2D eigenvalue weighted by atomic mass is 16.6. The standard InChI is InChI=1S/C14H25NO3/c16-13(3-1-2-4-13)11-17-12-9-14(18-10-12)5-7-15-8-6-14/h12,15-16H,1-11H2. The molecule has 3 rings (SSSR count). The van der Waals surface area contributed by atoms with Crippen molar-refractivity contribution < 1.29 is 14.6 Å². The van der Waals surface area contributed by atoms with E-state index in [1.807, 2.05) is 0 Å². The Hall–Kier alpha value is -0.160. The van der Waals surface area contributed by atoms with Gasteiger partial charge in [0.2, 0.25) is 0 Å². The van der Waals surface area contributed by atoms with E-state index < -0.39 is 5.60 Å². The third-order valence-electron chi connectivity index (χ3n) is 4.81. The lowest BCUT2D eigenvalue weighted by Gasteiger charge is -2.33. The van der Waals surface area contributed by atoms with Crippen LogP contribution in [0.5, 0.6) is 0 Å². The predicted octanol–water partition coefficient (Wildman–Crippen LogP) is 1.22. The number of ether oxygens (including phenoxy) is 2. The molecule has 104 valence electrons. The molecule has 1 spiro atoms. The van der Waals surface area contributed by atoms with Crippen molar-refractivity contribution in [1.82, 2.24) is 5.32 Å². The number of hydrogen-bond acceptors (Lipinski definition) is 4. The number of piperidine rings is 1. The van der Waals surface area contributed by atoms with Gasteiger partial charge in [-0.3, -0.25) is 0 Å². The molecule has 18 heavy (non-hydrogen) atoms. The average molecular weight is 255 g/mol. The summed E-state index contributed by atoms with van der Waals surface area (Å²) in [6.45, 7) is 3.30. The van der Waals surface area contributed by atoms with Crippen molar-refractivity contribution in [2.24, 2.45) is 0 Å². The van der Waals surface area contributed by atoms with E-state index in [-0.39, 0.29) is 11.7 Å². The molecule has 4 heteroatoms. The van der Waals surface area contributed by atoms with Crippen molar-refractivity contribution in [3.05, 3.63) is 0 Å². The molecule has 2 heterocycles. The van der Waals surface area contributed by atoms with E-state index in [4.69, 9.17) is 9.47 Å². The summed E-state index contributed by atoms with van der Waals surface area (Å²) in [5, 5.41) is 13.7. The van der Waals surface area contributed by atoms with Gasteiger partial charge in [0.1, 0.15) is 0 Å². The molecule has 0 bridgehead atoms. The molecule has 1 atom stereocenters. The molecule has 0 aromatic heterocycles. The van der Waals surface area contributed by atoms with Gasteiger partial charge in [-0.1, -0.05) is 12.8 Å². The molecule has 4 nitrogen and oxygen atoms in total. The van der Waals surface area contributed by atoms with Crippen molar-refractivity contribution in [3.8, 4) is 0 Å². The summed E-state index contributed by atoms with van der Waals surface area (Å²) < 4.78 is 11.9. The Balaban J connectivity index is 1.47. The van der Waals surface area contributed by atoms with E-state index in [2.05, 4.69) is 5.32 Å². The molecule has 0 aromatic carbocycles. The maximum atomic E-state index is 10.3. The van der Waals surface area contributed by atoms with E-state index in [0.29, 0.717) is 13.2 Å². The van der Waals surface area contributed by atoms with Gasteiger partial charge >= 0.3 is 0 Å². The molecule has 3 fully saturated rings. The zero-order valence-electron chi connectivity index (χ0n) is 11.1. The highest BCUT2D eigenvalue weighted by Crippen LogP contribution is 2.36. The second kappa shape index (κ2) is 5.08. The summed E-state index contributed by atoms with van der Waals surface area (Å²) >= 11 is 0. The Bertz CT molecular complexity index is 283. The van der Waals surface area contributed by atoms with Crippen LogP contribution in [0.1, 0.15) is 44.9 Å². The summed E-state index contributed by atoms with van der Waals surface area (Å²) in [6, 6.07) is 0. The number of nitrogens with one attached hydrogen (secondary N) is 1. The molecular weight excluding hydrogens is 230 g/mol. The Morgan fingerprint density at radius 1 is 1.17 bits per heavy atom. The van der Waals surface area contributed by atoms with Crippen LogP contribution >= 0.6 is 0 Å². The largest absolute Gasteiger partial charge is 0.387 e. The van der Waals surface area contributed by atoms with Crippen LogP contribution in [-0.2, 0) is 9.47 Å². The molecule has 2 N–H and O–H groups in total. The smallest absolute Gasteiger partial charge is 0.0880 e. The first-order valence-electron chi connectivity index (χ1n) is 7.39. The van der Waals surface area contributed by atoms with Gasteiger partial charge in [-0.2, -0.15) is 0 Å². The molecule has 0 amide bonds. The Labute approximate surface area is 109 Å². The van der Waals surface area contributed by atoms with Gasteiger partial charge < -0.3 is 19.9 Å². The van der Waals surface area contributed by atoms with E-state index in [1.54, 1.807) is 0 Å². The van der Waals surface area contributed by atoms with Crippen LogP contribution in [-0.4, -0.2) is 48.7 Å². The third-order valence-corrected chi connectivity index (χ3v) is 4.81. The second-order valence-electron chi connectivity index (χ2n) is 6.31. The van der Waals surface area contributed by atoms with E-state index in [9.17, 15) is 5.11 Å². The fourth-order valence-corrected chi connectivity index (χ4v) is 3.59. The molecule has 2 aliphatic heterocycles. The van der Waals surface area contributed by atoms with Crippen molar-refractivity contribution in [1.29, 1.82) is 0 Å². The minimum atomic E-state index is -0.552. The molecule has 2 saturated heterocycles. The quantitative estimate of drug-likeness (QED) is 0.796. The SMILES string of the molecule is OC1(COC2COC3(CCNCC3)C2)CCCC1. The predicted molar refractivity (Wildman–Crippen MR) is 68.6 cm³/mol. The van der Waals surface area contributed by atoms with Gasteiger partial charge in [-0.25, -0.2) is 0 Å². The van der Waals surface area contributed by atoms with Gasteiger partial charge in [0.15, 0.2) is 0 Å².